The average Bonchev–Trinajstić information content (AvgIpc) is 3.28. The fourth-order valence-corrected chi connectivity index (χ4v) is 3.31. The Hall–Kier alpha value is -1.26. The number of carboxylic acid groups (broad SMARTS) is 1. The molecule has 0 atom stereocenters. The molecule has 0 aliphatic heterocycles. The molecule has 2 rings (SSSR count). The molecule has 5 nitrogen and oxygen atoms in total. The van der Waals surface area contributed by atoms with Gasteiger partial charge in [-0.1, -0.05) is 13.3 Å². The highest BCUT2D eigenvalue weighted by Crippen LogP contribution is 2.31. The second-order valence-electron chi connectivity index (χ2n) is 6.69. The van der Waals surface area contributed by atoms with E-state index in [2.05, 4.69) is 6.92 Å². The summed E-state index contributed by atoms with van der Waals surface area (Å²) in [5.41, 5.74) is 0. The minimum Gasteiger partial charge on any atom is -0.480 e. The zero-order valence-electron chi connectivity index (χ0n) is 13.3. The molecule has 0 aromatic carbocycles. The van der Waals surface area contributed by atoms with Crippen LogP contribution in [0.15, 0.2) is 0 Å². The van der Waals surface area contributed by atoms with E-state index in [9.17, 15) is 9.59 Å². The van der Waals surface area contributed by atoms with Gasteiger partial charge in [0, 0.05) is 19.6 Å². The number of urea groups is 1. The molecule has 1 N–H and O–H groups in total. The van der Waals surface area contributed by atoms with Crippen molar-refractivity contribution in [2.24, 2.45) is 11.8 Å². The van der Waals surface area contributed by atoms with Gasteiger partial charge in [0.2, 0.25) is 0 Å². The van der Waals surface area contributed by atoms with Crippen molar-refractivity contribution in [3.63, 3.8) is 0 Å². The molecular weight excluding hydrogens is 268 g/mol. The van der Waals surface area contributed by atoms with E-state index in [1.54, 1.807) is 4.90 Å². The first kappa shape index (κ1) is 16.1. The maximum absolute atomic E-state index is 12.6. The van der Waals surface area contributed by atoms with E-state index in [0.29, 0.717) is 12.5 Å². The van der Waals surface area contributed by atoms with Gasteiger partial charge in [0.25, 0.3) is 0 Å². The fraction of sp³-hybridized carbons (Fsp3) is 0.875. The van der Waals surface area contributed by atoms with Crippen LogP contribution < -0.4 is 0 Å². The van der Waals surface area contributed by atoms with E-state index in [-0.39, 0.29) is 18.6 Å². The van der Waals surface area contributed by atoms with Gasteiger partial charge in [-0.15, -0.1) is 0 Å². The summed E-state index contributed by atoms with van der Waals surface area (Å²) in [4.78, 5) is 26.9. The zero-order chi connectivity index (χ0) is 15.4. The van der Waals surface area contributed by atoms with Crippen molar-refractivity contribution in [2.45, 2.75) is 57.9 Å². The summed E-state index contributed by atoms with van der Waals surface area (Å²) >= 11 is 0. The van der Waals surface area contributed by atoms with Crippen LogP contribution in [-0.2, 0) is 4.79 Å². The first-order chi connectivity index (χ1) is 10.0. The maximum atomic E-state index is 12.6. The highest BCUT2D eigenvalue weighted by atomic mass is 16.4. The van der Waals surface area contributed by atoms with Gasteiger partial charge in [-0.3, -0.25) is 4.79 Å². The van der Waals surface area contributed by atoms with Gasteiger partial charge in [0.15, 0.2) is 0 Å². The lowest BCUT2D eigenvalue weighted by molar-refractivity contribution is -0.137. The first-order valence-corrected chi connectivity index (χ1v) is 8.24. The Bertz CT molecular complexity index is 374. The summed E-state index contributed by atoms with van der Waals surface area (Å²) in [5.74, 6) is 0.385. The van der Waals surface area contributed by atoms with Crippen LogP contribution in [-0.4, -0.2) is 53.1 Å². The number of amides is 2. The summed E-state index contributed by atoms with van der Waals surface area (Å²) in [6.07, 6.45) is 7.91. The Kier molecular flexibility index (Phi) is 5.48. The number of hydrogen-bond donors (Lipinski definition) is 1. The molecule has 2 amide bonds. The van der Waals surface area contributed by atoms with Crippen LogP contribution >= 0.6 is 0 Å². The molecule has 0 heterocycles. The monoisotopic (exact) mass is 296 g/mol. The molecule has 0 bridgehead atoms. The summed E-state index contributed by atoms with van der Waals surface area (Å²) in [5, 5.41) is 9.01. The third-order valence-electron chi connectivity index (χ3n) is 5.02. The largest absolute Gasteiger partial charge is 0.480 e. The molecule has 2 aliphatic carbocycles. The minimum absolute atomic E-state index is 0.107. The highest BCUT2D eigenvalue weighted by molar-refractivity contribution is 5.80. The highest BCUT2D eigenvalue weighted by Gasteiger charge is 2.32. The van der Waals surface area contributed by atoms with Crippen LogP contribution in [0.2, 0.25) is 0 Å². The molecular formula is C16H28N2O3. The van der Waals surface area contributed by atoms with Crippen molar-refractivity contribution in [3.05, 3.63) is 0 Å². The normalized spacial score (nSPS) is 25.4. The van der Waals surface area contributed by atoms with Crippen molar-refractivity contribution in [3.8, 4) is 0 Å². The van der Waals surface area contributed by atoms with Crippen molar-refractivity contribution < 1.29 is 14.7 Å². The topological polar surface area (TPSA) is 60.9 Å². The SMILES string of the molecule is CCC1CCC(N(C)C(=O)N(CC(=O)O)CC2CC2)CC1. The molecule has 21 heavy (non-hydrogen) atoms. The zero-order valence-corrected chi connectivity index (χ0v) is 13.3. The van der Waals surface area contributed by atoms with Crippen molar-refractivity contribution in [1.82, 2.24) is 9.80 Å². The molecule has 0 spiro atoms. The summed E-state index contributed by atoms with van der Waals surface area (Å²) in [6, 6.07) is 0.167. The Morgan fingerprint density at radius 3 is 2.10 bits per heavy atom. The second kappa shape index (κ2) is 7.14. The van der Waals surface area contributed by atoms with Crippen LogP contribution in [0.25, 0.3) is 0 Å². The Morgan fingerprint density at radius 2 is 1.62 bits per heavy atom. The van der Waals surface area contributed by atoms with Crippen molar-refractivity contribution in [1.29, 1.82) is 0 Å². The van der Waals surface area contributed by atoms with Gasteiger partial charge in [-0.25, -0.2) is 4.79 Å². The van der Waals surface area contributed by atoms with Crippen LogP contribution in [0.5, 0.6) is 0 Å². The van der Waals surface area contributed by atoms with Crippen LogP contribution in [0, 0.1) is 11.8 Å². The number of carbonyl (C=O) groups excluding carboxylic acids is 1. The smallest absolute Gasteiger partial charge is 0.323 e. The molecule has 0 aromatic heterocycles. The van der Waals surface area contributed by atoms with Crippen LogP contribution in [0.3, 0.4) is 0 Å². The van der Waals surface area contributed by atoms with E-state index in [1.165, 1.54) is 24.2 Å². The number of nitrogens with zero attached hydrogens (tertiary/aromatic N) is 2. The predicted octanol–water partition coefficient (Wildman–Crippen LogP) is 2.80. The summed E-state index contributed by atoms with van der Waals surface area (Å²) in [6.45, 7) is 2.65. The van der Waals surface area contributed by atoms with E-state index >= 15 is 0 Å². The fourth-order valence-electron chi connectivity index (χ4n) is 3.31. The first-order valence-electron chi connectivity index (χ1n) is 8.24. The van der Waals surface area contributed by atoms with E-state index < -0.39 is 5.97 Å². The molecule has 5 heteroatoms. The number of rotatable bonds is 6. The summed E-state index contributed by atoms with van der Waals surface area (Å²) < 4.78 is 0. The Balaban J connectivity index is 1.90. The molecule has 0 unspecified atom stereocenters. The quantitative estimate of drug-likeness (QED) is 0.820. The number of hydrogen-bond acceptors (Lipinski definition) is 2. The van der Waals surface area contributed by atoms with E-state index in [0.717, 1.165) is 31.6 Å². The third-order valence-corrected chi connectivity index (χ3v) is 5.02. The lowest BCUT2D eigenvalue weighted by Crippen LogP contribution is -2.49. The van der Waals surface area contributed by atoms with Gasteiger partial charge in [0.1, 0.15) is 6.54 Å². The summed E-state index contributed by atoms with van der Waals surface area (Å²) in [7, 11) is 1.83. The molecule has 0 aromatic rings. The number of carbonyl (C=O) groups is 2. The molecule has 2 fully saturated rings. The van der Waals surface area contributed by atoms with Crippen LogP contribution in [0.1, 0.15) is 51.9 Å². The van der Waals surface area contributed by atoms with Gasteiger partial charge in [-0.2, -0.15) is 0 Å². The van der Waals surface area contributed by atoms with Gasteiger partial charge >= 0.3 is 12.0 Å². The molecule has 2 saturated carbocycles. The lowest BCUT2D eigenvalue weighted by Gasteiger charge is -2.37. The minimum atomic E-state index is -0.924. The molecule has 2 aliphatic rings. The Labute approximate surface area is 127 Å². The van der Waals surface area contributed by atoms with Gasteiger partial charge in [0.05, 0.1) is 0 Å². The van der Waals surface area contributed by atoms with Gasteiger partial charge < -0.3 is 14.9 Å². The van der Waals surface area contributed by atoms with Crippen molar-refractivity contribution >= 4 is 12.0 Å². The van der Waals surface area contributed by atoms with Gasteiger partial charge in [-0.05, 0) is 50.4 Å². The lowest BCUT2D eigenvalue weighted by atomic mass is 9.84. The Morgan fingerprint density at radius 1 is 1.05 bits per heavy atom. The van der Waals surface area contributed by atoms with Crippen LogP contribution in [0.4, 0.5) is 4.79 Å². The van der Waals surface area contributed by atoms with E-state index in [1.807, 2.05) is 7.05 Å². The number of carboxylic acids is 1. The third kappa shape index (κ3) is 4.61. The molecule has 120 valence electrons. The standard InChI is InChI=1S/C16H28N2O3/c1-3-12-6-8-14(9-7-12)17(2)16(21)18(11-15(19)20)10-13-4-5-13/h12-14H,3-11H2,1-2H3,(H,19,20). The predicted molar refractivity (Wildman–Crippen MR) is 81.1 cm³/mol. The van der Waals surface area contributed by atoms with Crippen molar-refractivity contribution in [2.75, 3.05) is 20.1 Å². The maximum Gasteiger partial charge on any atom is 0.323 e. The molecule has 0 saturated heterocycles. The second-order valence-corrected chi connectivity index (χ2v) is 6.69. The number of aliphatic carboxylic acids is 1. The molecule has 0 radical (unpaired) electrons. The van der Waals surface area contributed by atoms with E-state index in [4.69, 9.17) is 5.11 Å². The average molecular weight is 296 g/mol.